The van der Waals surface area contributed by atoms with Crippen LogP contribution in [0.2, 0.25) is 5.15 Å². The molecular weight excluding hydrogens is 329 g/mol. The summed E-state index contributed by atoms with van der Waals surface area (Å²) in [7, 11) is 0. The first-order valence-corrected chi connectivity index (χ1v) is 7.72. The number of halogens is 4. The van der Waals surface area contributed by atoms with E-state index in [1.807, 2.05) is 28.9 Å². The second-order valence-electron chi connectivity index (χ2n) is 5.72. The highest BCUT2D eigenvalue weighted by atomic mass is 35.5. The Morgan fingerprint density at radius 2 is 1.91 bits per heavy atom. The summed E-state index contributed by atoms with van der Waals surface area (Å²) in [6.45, 7) is 3.41. The van der Waals surface area contributed by atoms with Crippen molar-refractivity contribution in [1.82, 2.24) is 14.8 Å². The molecule has 0 saturated carbocycles. The average molecular weight is 345 g/mol. The first kappa shape index (κ1) is 16.1. The summed E-state index contributed by atoms with van der Waals surface area (Å²) in [5, 5.41) is 3.83. The molecule has 1 fully saturated rings. The third kappa shape index (κ3) is 3.44. The SMILES string of the molecule is Cc1cnn(C2CCN(c3ccc(C(F)(F)F)c(Cl)n3)CC2)c1. The predicted octanol–water partition coefficient (Wildman–Crippen LogP) is 4.10. The molecule has 2 aromatic rings. The Morgan fingerprint density at radius 3 is 2.43 bits per heavy atom. The van der Waals surface area contributed by atoms with E-state index in [9.17, 15) is 13.2 Å². The van der Waals surface area contributed by atoms with E-state index in [1.165, 1.54) is 6.07 Å². The number of piperidine rings is 1. The van der Waals surface area contributed by atoms with Crippen molar-refractivity contribution in [3.63, 3.8) is 0 Å². The van der Waals surface area contributed by atoms with Gasteiger partial charge in [-0.3, -0.25) is 4.68 Å². The highest BCUT2D eigenvalue weighted by Gasteiger charge is 2.34. The maximum absolute atomic E-state index is 12.7. The fourth-order valence-electron chi connectivity index (χ4n) is 2.80. The van der Waals surface area contributed by atoms with Crippen molar-refractivity contribution in [1.29, 1.82) is 0 Å². The molecule has 124 valence electrons. The molecule has 3 heterocycles. The summed E-state index contributed by atoms with van der Waals surface area (Å²) in [5.74, 6) is 0.484. The molecule has 0 aliphatic carbocycles. The zero-order chi connectivity index (χ0) is 16.6. The lowest BCUT2D eigenvalue weighted by Crippen LogP contribution is -2.35. The summed E-state index contributed by atoms with van der Waals surface area (Å²) >= 11 is 5.69. The van der Waals surface area contributed by atoms with Crippen LogP contribution in [-0.2, 0) is 6.18 Å². The summed E-state index contributed by atoms with van der Waals surface area (Å²) in [5.41, 5.74) is 0.216. The Labute approximate surface area is 136 Å². The lowest BCUT2D eigenvalue weighted by molar-refractivity contribution is -0.137. The van der Waals surface area contributed by atoms with Crippen LogP contribution in [0.5, 0.6) is 0 Å². The number of hydrogen-bond acceptors (Lipinski definition) is 3. The minimum atomic E-state index is -4.48. The van der Waals surface area contributed by atoms with Crippen molar-refractivity contribution in [3.8, 4) is 0 Å². The molecule has 3 rings (SSSR count). The molecule has 0 radical (unpaired) electrons. The van der Waals surface area contributed by atoms with Crippen molar-refractivity contribution in [2.24, 2.45) is 0 Å². The monoisotopic (exact) mass is 344 g/mol. The highest BCUT2D eigenvalue weighted by Crippen LogP contribution is 2.35. The van der Waals surface area contributed by atoms with Crippen LogP contribution >= 0.6 is 11.6 Å². The Balaban J connectivity index is 1.69. The molecule has 0 N–H and O–H groups in total. The van der Waals surface area contributed by atoms with Gasteiger partial charge in [0.05, 0.1) is 17.8 Å². The number of alkyl halides is 3. The Morgan fingerprint density at radius 1 is 1.22 bits per heavy atom. The van der Waals surface area contributed by atoms with E-state index in [4.69, 9.17) is 11.6 Å². The number of hydrogen-bond donors (Lipinski definition) is 0. The second kappa shape index (κ2) is 6.03. The van der Waals surface area contributed by atoms with E-state index >= 15 is 0 Å². The molecule has 0 unspecified atom stereocenters. The lowest BCUT2D eigenvalue weighted by atomic mass is 10.1. The van der Waals surface area contributed by atoms with Crippen LogP contribution in [0.3, 0.4) is 0 Å². The molecule has 0 spiro atoms. The van der Waals surface area contributed by atoms with Crippen LogP contribution in [0.1, 0.15) is 30.0 Å². The van der Waals surface area contributed by atoms with Gasteiger partial charge < -0.3 is 4.90 Å². The van der Waals surface area contributed by atoms with Gasteiger partial charge in [-0.05, 0) is 37.5 Å². The number of pyridine rings is 1. The minimum Gasteiger partial charge on any atom is -0.356 e. The zero-order valence-electron chi connectivity index (χ0n) is 12.5. The molecule has 1 saturated heterocycles. The van der Waals surface area contributed by atoms with Crippen LogP contribution in [0, 0.1) is 6.92 Å². The van der Waals surface area contributed by atoms with Crippen LogP contribution in [0.25, 0.3) is 0 Å². The van der Waals surface area contributed by atoms with Gasteiger partial charge in [-0.25, -0.2) is 4.98 Å². The number of nitrogens with zero attached hydrogens (tertiary/aromatic N) is 4. The normalized spacial score (nSPS) is 16.8. The fourth-order valence-corrected chi connectivity index (χ4v) is 3.06. The standard InChI is InChI=1S/C15H16ClF3N4/c1-10-8-20-23(9-10)11-4-6-22(7-5-11)13-3-2-12(14(16)21-13)15(17,18)19/h2-3,8-9,11H,4-7H2,1H3. The van der Waals surface area contributed by atoms with E-state index in [0.29, 0.717) is 24.9 Å². The Hall–Kier alpha value is -1.76. The third-order valence-electron chi connectivity index (χ3n) is 4.03. The Kier molecular flexibility index (Phi) is 4.23. The van der Waals surface area contributed by atoms with Gasteiger partial charge in [0.1, 0.15) is 11.0 Å². The number of aromatic nitrogens is 3. The van der Waals surface area contributed by atoms with Crippen LogP contribution in [0.15, 0.2) is 24.5 Å². The van der Waals surface area contributed by atoms with Gasteiger partial charge in [0, 0.05) is 19.3 Å². The van der Waals surface area contributed by atoms with Crippen molar-refractivity contribution < 1.29 is 13.2 Å². The molecule has 4 nitrogen and oxygen atoms in total. The quantitative estimate of drug-likeness (QED) is 0.769. The fraction of sp³-hybridized carbons (Fsp3) is 0.467. The van der Waals surface area contributed by atoms with E-state index in [0.717, 1.165) is 24.5 Å². The molecule has 1 aliphatic rings. The number of aryl methyl sites for hydroxylation is 1. The van der Waals surface area contributed by atoms with Gasteiger partial charge in [0.2, 0.25) is 0 Å². The summed E-state index contributed by atoms with van der Waals surface area (Å²) in [6, 6.07) is 2.69. The maximum atomic E-state index is 12.7. The molecule has 1 aliphatic heterocycles. The first-order chi connectivity index (χ1) is 10.8. The van der Waals surface area contributed by atoms with Gasteiger partial charge in [-0.2, -0.15) is 18.3 Å². The van der Waals surface area contributed by atoms with E-state index in [-0.39, 0.29) is 0 Å². The summed E-state index contributed by atoms with van der Waals surface area (Å²) in [6.07, 6.45) is 1.08. The molecule has 8 heteroatoms. The van der Waals surface area contributed by atoms with Gasteiger partial charge in [0.25, 0.3) is 0 Å². The van der Waals surface area contributed by atoms with E-state index in [1.54, 1.807) is 0 Å². The number of rotatable bonds is 2. The van der Waals surface area contributed by atoms with Crippen LogP contribution < -0.4 is 4.90 Å². The molecule has 2 aromatic heterocycles. The van der Waals surface area contributed by atoms with Crippen LogP contribution in [0.4, 0.5) is 19.0 Å². The smallest absolute Gasteiger partial charge is 0.356 e. The average Bonchev–Trinajstić information content (AvgIpc) is 2.92. The maximum Gasteiger partial charge on any atom is 0.419 e. The third-order valence-corrected chi connectivity index (χ3v) is 4.32. The Bertz CT molecular complexity index is 690. The largest absolute Gasteiger partial charge is 0.419 e. The van der Waals surface area contributed by atoms with Gasteiger partial charge in [-0.15, -0.1) is 0 Å². The van der Waals surface area contributed by atoms with Crippen molar-refractivity contribution in [2.75, 3.05) is 18.0 Å². The molecule has 0 atom stereocenters. The topological polar surface area (TPSA) is 34.0 Å². The summed E-state index contributed by atoms with van der Waals surface area (Å²) < 4.78 is 40.1. The molecule has 0 amide bonds. The van der Waals surface area contributed by atoms with Crippen molar-refractivity contribution >= 4 is 17.4 Å². The van der Waals surface area contributed by atoms with E-state index in [2.05, 4.69) is 10.1 Å². The van der Waals surface area contributed by atoms with Crippen molar-refractivity contribution in [3.05, 3.63) is 40.8 Å². The molecule has 0 aromatic carbocycles. The molecule has 23 heavy (non-hydrogen) atoms. The molecule has 0 bridgehead atoms. The van der Waals surface area contributed by atoms with Gasteiger partial charge in [-0.1, -0.05) is 11.6 Å². The highest BCUT2D eigenvalue weighted by molar-refractivity contribution is 6.30. The zero-order valence-corrected chi connectivity index (χ0v) is 13.3. The van der Waals surface area contributed by atoms with Crippen molar-refractivity contribution in [2.45, 2.75) is 32.0 Å². The van der Waals surface area contributed by atoms with Gasteiger partial charge >= 0.3 is 6.18 Å². The van der Waals surface area contributed by atoms with Crippen LogP contribution in [-0.4, -0.2) is 27.9 Å². The second-order valence-corrected chi connectivity index (χ2v) is 6.08. The lowest BCUT2D eigenvalue weighted by Gasteiger charge is -2.33. The first-order valence-electron chi connectivity index (χ1n) is 7.34. The predicted molar refractivity (Wildman–Crippen MR) is 81.7 cm³/mol. The number of anilines is 1. The van der Waals surface area contributed by atoms with E-state index < -0.39 is 16.9 Å². The molecular formula is C15H16ClF3N4. The minimum absolute atomic E-state index is 0.310. The summed E-state index contributed by atoms with van der Waals surface area (Å²) in [4.78, 5) is 5.87. The van der Waals surface area contributed by atoms with Gasteiger partial charge in [0.15, 0.2) is 0 Å².